The molecule has 1 saturated heterocycles. The number of benzene rings is 4. The van der Waals surface area contributed by atoms with Crippen LogP contribution in [0.5, 0.6) is 0 Å². The van der Waals surface area contributed by atoms with Crippen LogP contribution in [0.15, 0.2) is 96.0 Å². The molecule has 5 nitrogen and oxygen atoms in total. The van der Waals surface area contributed by atoms with Crippen LogP contribution >= 0.6 is 0 Å². The number of hydrogen-bond acceptors (Lipinski definition) is 4. The highest BCUT2D eigenvalue weighted by Crippen LogP contribution is 2.41. The number of anilines is 2. The minimum atomic E-state index is -0.313. The van der Waals surface area contributed by atoms with Crippen molar-refractivity contribution in [3.8, 4) is 0 Å². The van der Waals surface area contributed by atoms with E-state index in [0.29, 0.717) is 11.3 Å². The van der Waals surface area contributed by atoms with Crippen molar-refractivity contribution in [2.45, 2.75) is 32.2 Å². The molecule has 7 heteroatoms. The maximum Gasteiger partial charge on any atom is 0.251 e. The molecule has 0 radical (unpaired) electrons. The number of carbonyl (C=O) groups excluding carboxylic acids is 1. The molecule has 2 aliphatic rings. The van der Waals surface area contributed by atoms with Crippen LogP contribution in [0.3, 0.4) is 0 Å². The lowest BCUT2D eigenvalue weighted by Gasteiger charge is -2.30. The second-order valence-corrected chi connectivity index (χ2v) is 10.9. The van der Waals surface area contributed by atoms with Crippen LogP contribution in [0.2, 0.25) is 0 Å². The van der Waals surface area contributed by atoms with Gasteiger partial charge in [0.05, 0.1) is 22.8 Å². The first kappa shape index (κ1) is 27.8. The molecule has 0 atom stereocenters. The summed E-state index contributed by atoms with van der Waals surface area (Å²) in [5.41, 5.74) is 6.42. The third kappa shape index (κ3) is 6.26. The van der Waals surface area contributed by atoms with Gasteiger partial charge in [0.1, 0.15) is 11.6 Å². The Morgan fingerprint density at radius 3 is 2.26 bits per heavy atom. The van der Waals surface area contributed by atoms with Gasteiger partial charge in [0, 0.05) is 29.8 Å². The number of para-hydroxylation sites is 1. The van der Waals surface area contributed by atoms with E-state index in [9.17, 15) is 13.6 Å². The van der Waals surface area contributed by atoms with Crippen molar-refractivity contribution in [1.82, 2.24) is 10.2 Å². The van der Waals surface area contributed by atoms with Gasteiger partial charge in [-0.2, -0.15) is 0 Å². The van der Waals surface area contributed by atoms with E-state index >= 15 is 0 Å². The Labute approximate surface area is 245 Å². The van der Waals surface area contributed by atoms with Crippen molar-refractivity contribution in [2.75, 3.05) is 31.1 Å². The van der Waals surface area contributed by atoms with Crippen LogP contribution in [0.25, 0.3) is 0 Å². The third-order valence-electron chi connectivity index (χ3n) is 8.00. The van der Waals surface area contributed by atoms with Gasteiger partial charge in [-0.15, -0.1) is 0 Å². The van der Waals surface area contributed by atoms with Crippen molar-refractivity contribution in [1.29, 1.82) is 0 Å². The smallest absolute Gasteiger partial charge is 0.251 e. The summed E-state index contributed by atoms with van der Waals surface area (Å²) in [6.45, 7) is 4.42. The number of fused-ring (bicyclic) bond motifs is 2. The van der Waals surface area contributed by atoms with Gasteiger partial charge in [0.15, 0.2) is 0 Å². The van der Waals surface area contributed by atoms with E-state index in [1.807, 2.05) is 30.3 Å². The van der Waals surface area contributed by atoms with Gasteiger partial charge < -0.3 is 15.1 Å². The second-order valence-electron chi connectivity index (χ2n) is 10.9. The predicted octanol–water partition coefficient (Wildman–Crippen LogP) is 7.39. The first-order valence-corrected chi connectivity index (χ1v) is 14.7. The van der Waals surface area contributed by atoms with Gasteiger partial charge in [-0.3, -0.25) is 4.79 Å². The highest BCUT2D eigenvalue weighted by Gasteiger charge is 2.25. The van der Waals surface area contributed by atoms with Crippen LogP contribution in [0, 0.1) is 11.6 Å². The molecule has 0 unspecified atom stereocenters. The van der Waals surface area contributed by atoms with Crippen LogP contribution in [-0.2, 0) is 6.54 Å². The Kier molecular flexibility index (Phi) is 8.38. The van der Waals surface area contributed by atoms with Crippen LogP contribution < -0.4 is 10.2 Å². The Morgan fingerprint density at radius 1 is 0.786 bits per heavy atom. The fourth-order valence-electron chi connectivity index (χ4n) is 5.79. The van der Waals surface area contributed by atoms with E-state index < -0.39 is 0 Å². The molecule has 4 aromatic rings. The molecule has 0 aromatic heterocycles. The number of carbonyl (C=O) groups is 1. The van der Waals surface area contributed by atoms with E-state index in [1.54, 1.807) is 24.3 Å². The molecular formula is C35H34F2N4O. The Balaban J connectivity index is 1.34. The van der Waals surface area contributed by atoms with Crippen LogP contribution in [0.4, 0.5) is 25.8 Å². The minimum Gasteiger partial charge on any atom is -0.348 e. The average Bonchev–Trinajstić information content (AvgIpc) is 3.16. The normalized spacial score (nSPS) is 14.9. The quantitative estimate of drug-likeness (QED) is 0.243. The molecule has 0 aliphatic carbocycles. The molecule has 6 rings (SSSR count). The Bertz CT molecular complexity index is 1580. The minimum absolute atomic E-state index is 0.237. The number of nitrogens with one attached hydrogen (secondary N) is 1. The molecule has 1 fully saturated rings. The largest absolute Gasteiger partial charge is 0.348 e. The molecule has 0 bridgehead atoms. The van der Waals surface area contributed by atoms with Crippen molar-refractivity contribution in [3.63, 3.8) is 0 Å². The molecule has 1 N–H and O–H groups in total. The molecule has 1 amide bonds. The SMILES string of the molecule is O=C(NCc1ccc(F)cc1)c1ccc2c(c1)N=C(c1ccc(F)cc1)c1ccccc1N2CCCN1CCCCC1. The van der Waals surface area contributed by atoms with Crippen LogP contribution in [0.1, 0.15) is 52.7 Å². The number of amides is 1. The molecule has 214 valence electrons. The summed E-state index contributed by atoms with van der Waals surface area (Å²) in [6.07, 6.45) is 4.82. The summed E-state index contributed by atoms with van der Waals surface area (Å²) in [6, 6.07) is 26.3. The number of likely N-dealkylation sites (tertiary alicyclic amines) is 1. The first-order valence-electron chi connectivity index (χ1n) is 14.7. The number of aliphatic imine (C=N–C) groups is 1. The number of nitrogens with zero attached hydrogens (tertiary/aromatic N) is 3. The van der Waals surface area contributed by atoms with E-state index in [2.05, 4.69) is 27.2 Å². The lowest BCUT2D eigenvalue weighted by atomic mass is 10.00. The number of piperidine rings is 1. The molecule has 2 heterocycles. The van der Waals surface area contributed by atoms with Gasteiger partial charge in [-0.05, 0) is 105 Å². The highest BCUT2D eigenvalue weighted by atomic mass is 19.1. The topological polar surface area (TPSA) is 47.9 Å². The molecule has 4 aromatic carbocycles. The maximum absolute atomic E-state index is 13.9. The van der Waals surface area contributed by atoms with E-state index in [1.165, 1.54) is 43.5 Å². The van der Waals surface area contributed by atoms with E-state index in [0.717, 1.165) is 66.4 Å². The number of halogens is 2. The van der Waals surface area contributed by atoms with Crippen LogP contribution in [-0.4, -0.2) is 42.7 Å². The Hall–Kier alpha value is -4.36. The first-order chi connectivity index (χ1) is 20.5. The lowest BCUT2D eigenvalue weighted by Crippen LogP contribution is -2.32. The molecule has 0 saturated carbocycles. The summed E-state index contributed by atoms with van der Waals surface area (Å²) in [5.74, 6) is -0.854. The number of hydrogen-bond donors (Lipinski definition) is 1. The summed E-state index contributed by atoms with van der Waals surface area (Å²) < 4.78 is 27.2. The molecule has 42 heavy (non-hydrogen) atoms. The molecule has 0 spiro atoms. The van der Waals surface area contributed by atoms with Gasteiger partial charge >= 0.3 is 0 Å². The van der Waals surface area contributed by atoms with Gasteiger partial charge in [0.2, 0.25) is 0 Å². The average molecular weight is 565 g/mol. The highest BCUT2D eigenvalue weighted by molar-refractivity contribution is 6.19. The van der Waals surface area contributed by atoms with Crippen molar-refractivity contribution in [3.05, 3.63) is 125 Å². The summed E-state index contributed by atoms with van der Waals surface area (Å²) in [4.78, 5) is 23.2. The number of rotatable bonds is 8. The monoisotopic (exact) mass is 564 g/mol. The molecular weight excluding hydrogens is 530 g/mol. The maximum atomic E-state index is 13.9. The van der Waals surface area contributed by atoms with Crippen molar-refractivity contribution < 1.29 is 13.6 Å². The summed E-state index contributed by atoms with van der Waals surface area (Å²) >= 11 is 0. The zero-order chi connectivity index (χ0) is 28.9. The van der Waals surface area contributed by atoms with E-state index in [-0.39, 0.29) is 24.1 Å². The van der Waals surface area contributed by atoms with Gasteiger partial charge in [-0.1, -0.05) is 36.8 Å². The Morgan fingerprint density at radius 2 is 1.50 bits per heavy atom. The van der Waals surface area contributed by atoms with Crippen molar-refractivity contribution >= 4 is 28.7 Å². The van der Waals surface area contributed by atoms with Gasteiger partial charge in [0.25, 0.3) is 5.91 Å². The fraction of sp³-hybridized carbons (Fsp3) is 0.257. The molecule has 2 aliphatic heterocycles. The van der Waals surface area contributed by atoms with Gasteiger partial charge in [-0.25, -0.2) is 13.8 Å². The lowest BCUT2D eigenvalue weighted by molar-refractivity contribution is 0.0951. The fourth-order valence-corrected chi connectivity index (χ4v) is 5.79. The standard InChI is InChI=1S/C35H34F2N4O/c36-28-14-9-25(10-15-28)24-38-35(42)27-13-18-33-31(23-27)39-34(26-11-16-29(37)17-12-26)30-7-2-3-8-32(30)41(33)22-6-21-40-19-4-1-5-20-40/h2-3,7-18,23H,1,4-6,19-22,24H2,(H,38,42). The summed E-state index contributed by atoms with van der Waals surface area (Å²) in [5, 5.41) is 2.93. The zero-order valence-corrected chi connectivity index (χ0v) is 23.5. The predicted molar refractivity (Wildman–Crippen MR) is 164 cm³/mol. The summed E-state index contributed by atoms with van der Waals surface area (Å²) in [7, 11) is 0. The zero-order valence-electron chi connectivity index (χ0n) is 23.5. The van der Waals surface area contributed by atoms with E-state index in [4.69, 9.17) is 4.99 Å². The van der Waals surface area contributed by atoms with Crippen molar-refractivity contribution in [2.24, 2.45) is 4.99 Å². The second kappa shape index (κ2) is 12.7. The third-order valence-corrected chi connectivity index (χ3v) is 8.00.